The van der Waals surface area contributed by atoms with Crippen LogP contribution in [0.5, 0.6) is 0 Å². The van der Waals surface area contributed by atoms with E-state index in [4.69, 9.17) is 5.32 Å². The molecule has 0 aromatic rings. The van der Waals surface area contributed by atoms with Crippen molar-refractivity contribution in [2.45, 2.75) is 70.4 Å². The maximum Gasteiger partial charge on any atom is 0.0760 e. The molecule has 1 atom stereocenters. The van der Waals surface area contributed by atoms with Crippen molar-refractivity contribution in [1.29, 1.82) is 0 Å². The molecule has 0 amide bonds. The Kier molecular flexibility index (Phi) is 5.64. The number of hydrogen-bond donors (Lipinski definition) is 0. The van der Waals surface area contributed by atoms with E-state index in [1.165, 1.54) is 77.3 Å². The van der Waals surface area contributed by atoms with Crippen molar-refractivity contribution in [3.8, 4) is 0 Å². The predicted molar refractivity (Wildman–Crippen MR) is 68.5 cm³/mol. The molecule has 2 aliphatic heterocycles. The molecule has 1 unspecified atom stereocenters. The molecule has 2 nitrogen and oxygen atoms in total. The Morgan fingerprint density at radius 1 is 0.688 bits per heavy atom. The molecule has 1 radical (unpaired) electrons. The van der Waals surface area contributed by atoms with Gasteiger partial charge in [0, 0.05) is 6.54 Å². The molecule has 16 heavy (non-hydrogen) atoms. The van der Waals surface area contributed by atoms with Crippen LogP contribution in [0.15, 0.2) is 0 Å². The maximum atomic E-state index is 4.91. The van der Waals surface area contributed by atoms with Crippen molar-refractivity contribution in [3.63, 3.8) is 0 Å². The van der Waals surface area contributed by atoms with Gasteiger partial charge in [0.1, 0.15) is 0 Å². The van der Waals surface area contributed by atoms with E-state index in [0.29, 0.717) is 6.17 Å². The zero-order valence-electron chi connectivity index (χ0n) is 10.7. The van der Waals surface area contributed by atoms with Gasteiger partial charge < -0.3 is 0 Å². The van der Waals surface area contributed by atoms with Crippen LogP contribution in [0.3, 0.4) is 0 Å². The third kappa shape index (κ3) is 4.06. The summed E-state index contributed by atoms with van der Waals surface area (Å²) in [5, 5.41) is 4.91. The summed E-state index contributed by atoms with van der Waals surface area (Å²) >= 11 is 0. The van der Waals surface area contributed by atoms with E-state index in [0.717, 1.165) is 6.54 Å². The van der Waals surface area contributed by atoms with Gasteiger partial charge in [0.15, 0.2) is 0 Å². The second kappa shape index (κ2) is 7.29. The topological polar surface area (TPSA) is 17.3 Å². The first-order valence-corrected chi connectivity index (χ1v) is 7.37. The fraction of sp³-hybridized carbons (Fsp3) is 1.00. The van der Waals surface area contributed by atoms with E-state index in [9.17, 15) is 0 Å². The van der Waals surface area contributed by atoms with Gasteiger partial charge in [0.05, 0.1) is 6.17 Å². The summed E-state index contributed by atoms with van der Waals surface area (Å²) < 4.78 is 0. The first-order chi connectivity index (χ1) is 7.97. The van der Waals surface area contributed by atoms with Gasteiger partial charge in [-0.25, -0.2) is 5.32 Å². The Morgan fingerprint density at radius 2 is 1.31 bits per heavy atom. The van der Waals surface area contributed by atoms with E-state index in [1.54, 1.807) is 0 Å². The molecule has 0 aliphatic carbocycles. The molecular formula is C14H27N2. The van der Waals surface area contributed by atoms with Crippen LogP contribution in [-0.4, -0.2) is 30.7 Å². The monoisotopic (exact) mass is 223 g/mol. The Bertz CT molecular complexity index is 146. The fourth-order valence-corrected chi connectivity index (χ4v) is 2.99. The summed E-state index contributed by atoms with van der Waals surface area (Å²) in [4.78, 5) is 2.67. The minimum absolute atomic E-state index is 0.568. The van der Waals surface area contributed by atoms with Gasteiger partial charge in [0.2, 0.25) is 0 Å². The van der Waals surface area contributed by atoms with Gasteiger partial charge in [-0.15, -0.1) is 0 Å². The lowest BCUT2D eigenvalue weighted by molar-refractivity contribution is 0.132. The molecule has 2 heterocycles. The largest absolute Gasteiger partial charge is 0.287 e. The van der Waals surface area contributed by atoms with Crippen molar-refractivity contribution in [2.75, 3.05) is 19.6 Å². The van der Waals surface area contributed by atoms with E-state index in [1.807, 2.05) is 0 Å². The van der Waals surface area contributed by atoms with Gasteiger partial charge in [-0.3, -0.25) is 4.90 Å². The molecule has 2 rings (SSSR count). The van der Waals surface area contributed by atoms with Crippen LogP contribution in [0.25, 0.3) is 0 Å². The third-order valence-electron chi connectivity index (χ3n) is 4.02. The van der Waals surface area contributed by atoms with E-state index in [2.05, 4.69) is 4.90 Å². The second-order valence-electron chi connectivity index (χ2n) is 5.39. The van der Waals surface area contributed by atoms with Crippen LogP contribution in [0.2, 0.25) is 0 Å². The molecular weight excluding hydrogens is 196 g/mol. The molecule has 0 aromatic heterocycles. The van der Waals surface area contributed by atoms with Crippen molar-refractivity contribution in [1.82, 2.24) is 10.2 Å². The lowest BCUT2D eigenvalue weighted by Crippen LogP contribution is -2.44. The van der Waals surface area contributed by atoms with Crippen LogP contribution >= 0.6 is 0 Å². The second-order valence-corrected chi connectivity index (χ2v) is 5.39. The fourth-order valence-electron chi connectivity index (χ4n) is 2.99. The van der Waals surface area contributed by atoms with Crippen LogP contribution in [0.4, 0.5) is 0 Å². The van der Waals surface area contributed by atoms with E-state index >= 15 is 0 Å². The van der Waals surface area contributed by atoms with Crippen LogP contribution in [0.1, 0.15) is 64.2 Å². The Hall–Kier alpha value is -0.0800. The Balaban J connectivity index is 1.81. The smallest absolute Gasteiger partial charge is 0.0760 e. The summed E-state index contributed by atoms with van der Waals surface area (Å²) in [6, 6.07) is 0. The van der Waals surface area contributed by atoms with Crippen molar-refractivity contribution in [3.05, 3.63) is 0 Å². The molecule has 2 fully saturated rings. The molecule has 0 saturated carbocycles. The summed E-state index contributed by atoms with van der Waals surface area (Å²) in [7, 11) is 0. The molecule has 0 bridgehead atoms. The molecule has 0 aromatic carbocycles. The molecule has 2 saturated heterocycles. The SMILES string of the molecule is C1CCCN(C2CCCCCC[N]2)CCC1. The normalized spacial score (nSPS) is 31.1. The number of likely N-dealkylation sites (tertiary alicyclic amines) is 1. The zero-order chi connectivity index (χ0) is 11.1. The van der Waals surface area contributed by atoms with Crippen molar-refractivity contribution >= 4 is 0 Å². The zero-order valence-corrected chi connectivity index (χ0v) is 10.7. The van der Waals surface area contributed by atoms with E-state index in [-0.39, 0.29) is 0 Å². The van der Waals surface area contributed by atoms with Crippen molar-refractivity contribution in [2.24, 2.45) is 0 Å². The minimum Gasteiger partial charge on any atom is -0.287 e. The predicted octanol–water partition coefficient (Wildman–Crippen LogP) is 3.15. The number of nitrogens with zero attached hydrogens (tertiary/aromatic N) is 2. The lowest BCUT2D eigenvalue weighted by atomic mass is 10.0. The van der Waals surface area contributed by atoms with Crippen LogP contribution < -0.4 is 5.32 Å². The average Bonchev–Trinajstić information content (AvgIpc) is 2.18. The van der Waals surface area contributed by atoms with Gasteiger partial charge in [-0.1, -0.05) is 38.5 Å². The van der Waals surface area contributed by atoms with Gasteiger partial charge in [0.25, 0.3) is 0 Å². The summed E-state index contributed by atoms with van der Waals surface area (Å²) in [6.45, 7) is 3.71. The summed E-state index contributed by atoms with van der Waals surface area (Å²) in [5.41, 5.74) is 0. The number of hydrogen-bond acceptors (Lipinski definition) is 1. The molecule has 2 aliphatic rings. The highest BCUT2D eigenvalue weighted by molar-refractivity contribution is 4.73. The molecule has 0 N–H and O–H groups in total. The highest BCUT2D eigenvalue weighted by Gasteiger charge is 2.20. The van der Waals surface area contributed by atoms with Gasteiger partial charge in [-0.05, 0) is 38.8 Å². The Labute approximate surface area is 101 Å². The lowest BCUT2D eigenvalue weighted by Gasteiger charge is -2.33. The molecule has 93 valence electrons. The highest BCUT2D eigenvalue weighted by atomic mass is 15.3. The first-order valence-electron chi connectivity index (χ1n) is 7.37. The first kappa shape index (κ1) is 12.4. The Morgan fingerprint density at radius 3 is 2.12 bits per heavy atom. The van der Waals surface area contributed by atoms with Crippen molar-refractivity contribution < 1.29 is 0 Å². The minimum atomic E-state index is 0.568. The summed E-state index contributed by atoms with van der Waals surface area (Å²) in [5.74, 6) is 0. The highest BCUT2D eigenvalue weighted by Crippen LogP contribution is 2.17. The quantitative estimate of drug-likeness (QED) is 0.667. The summed E-state index contributed by atoms with van der Waals surface area (Å²) in [6.07, 6.45) is 14.5. The average molecular weight is 223 g/mol. The van der Waals surface area contributed by atoms with Crippen LogP contribution in [0, 0.1) is 0 Å². The molecule has 2 heteroatoms. The standard InChI is InChI=1S/C14H27N2/c1-4-8-12-16(13-9-5-1)14-10-6-2-3-7-11-15-14/h14H,1-13H2. The van der Waals surface area contributed by atoms with E-state index < -0.39 is 0 Å². The van der Waals surface area contributed by atoms with Gasteiger partial charge in [-0.2, -0.15) is 0 Å². The molecule has 0 spiro atoms. The van der Waals surface area contributed by atoms with Gasteiger partial charge >= 0.3 is 0 Å². The third-order valence-corrected chi connectivity index (χ3v) is 4.02. The van der Waals surface area contributed by atoms with Crippen LogP contribution in [-0.2, 0) is 0 Å². The maximum absolute atomic E-state index is 4.91. The number of rotatable bonds is 1.